The van der Waals surface area contributed by atoms with E-state index in [1.807, 2.05) is 0 Å². The van der Waals surface area contributed by atoms with Crippen molar-refractivity contribution in [2.45, 2.75) is 283 Å². The van der Waals surface area contributed by atoms with E-state index in [9.17, 15) is 19.8 Å². The molecule has 0 spiro atoms. The Morgan fingerprint density at radius 2 is 0.839 bits per heavy atom. The zero-order valence-corrected chi connectivity index (χ0v) is 37.6. The standard InChI is InChI=1S/C50H97NO5/c1-3-5-7-9-11-13-14-15-21-24-28-32-36-40-44-50(55)56-45-41-37-33-29-25-22-19-17-16-18-20-23-27-31-35-39-43-49(54)51-47(46-52)48(53)42-38-34-30-26-12-10-8-6-4-2/h16,18,47-48,52-53H,3-15,17,19-46H2,1-2H3,(H,51,54)/b18-16-. The number of hydrogen-bond donors (Lipinski definition) is 3. The monoisotopic (exact) mass is 792 g/mol. The van der Waals surface area contributed by atoms with Crippen LogP contribution in [0.4, 0.5) is 0 Å². The molecule has 0 aliphatic rings. The second kappa shape index (κ2) is 46.3. The van der Waals surface area contributed by atoms with Crippen molar-refractivity contribution < 1.29 is 24.5 Å². The molecular formula is C50H97NO5. The van der Waals surface area contributed by atoms with Crippen molar-refractivity contribution in [1.29, 1.82) is 0 Å². The number of rotatable bonds is 46. The second-order valence-electron chi connectivity index (χ2n) is 17.1. The lowest BCUT2D eigenvalue weighted by atomic mass is 10.0. The molecule has 0 saturated carbocycles. The number of unbranched alkanes of at least 4 members (excludes halogenated alkanes) is 33. The zero-order chi connectivity index (χ0) is 40.8. The van der Waals surface area contributed by atoms with E-state index in [1.165, 1.54) is 173 Å². The van der Waals surface area contributed by atoms with Gasteiger partial charge in [-0.15, -0.1) is 0 Å². The van der Waals surface area contributed by atoms with Crippen LogP contribution in [0.25, 0.3) is 0 Å². The molecule has 0 heterocycles. The van der Waals surface area contributed by atoms with Crippen LogP contribution < -0.4 is 5.32 Å². The van der Waals surface area contributed by atoms with E-state index in [4.69, 9.17) is 4.74 Å². The van der Waals surface area contributed by atoms with Crippen LogP contribution in [0, 0.1) is 0 Å². The Balaban J connectivity index is 3.43. The van der Waals surface area contributed by atoms with Gasteiger partial charge >= 0.3 is 5.97 Å². The van der Waals surface area contributed by atoms with Gasteiger partial charge < -0.3 is 20.3 Å². The van der Waals surface area contributed by atoms with Crippen molar-refractivity contribution in [3.05, 3.63) is 12.2 Å². The normalized spacial score (nSPS) is 12.7. The predicted octanol–water partition coefficient (Wildman–Crippen LogP) is 14.6. The Labute approximate surface area is 349 Å². The molecule has 2 atom stereocenters. The minimum Gasteiger partial charge on any atom is -0.466 e. The molecule has 6 heteroatoms. The largest absolute Gasteiger partial charge is 0.466 e. The fraction of sp³-hybridized carbons (Fsp3) is 0.920. The molecule has 332 valence electrons. The van der Waals surface area contributed by atoms with E-state index in [0.717, 1.165) is 64.2 Å². The lowest BCUT2D eigenvalue weighted by Crippen LogP contribution is -2.45. The summed E-state index contributed by atoms with van der Waals surface area (Å²) < 4.78 is 5.46. The lowest BCUT2D eigenvalue weighted by molar-refractivity contribution is -0.143. The maximum Gasteiger partial charge on any atom is 0.305 e. The molecule has 0 rings (SSSR count). The number of esters is 1. The van der Waals surface area contributed by atoms with Crippen molar-refractivity contribution >= 4 is 11.9 Å². The van der Waals surface area contributed by atoms with E-state index < -0.39 is 12.1 Å². The van der Waals surface area contributed by atoms with E-state index in [1.54, 1.807) is 0 Å². The Hall–Kier alpha value is -1.40. The van der Waals surface area contributed by atoms with Crippen LogP contribution in [0.15, 0.2) is 12.2 Å². The molecule has 0 fully saturated rings. The average molecular weight is 792 g/mol. The second-order valence-corrected chi connectivity index (χ2v) is 17.1. The first-order valence-electron chi connectivity index (χ1n) is 24.9. The summed E-state index contributed by atoms with van der Waals surface area (Å²) >= 11 is 0. The minimum atomic E-state index is -0.671. The summed E-state index contributed by atoms with van der Waals surface area (Å²) in [4.78, 5) is 24.4. The molecule has 0 saturated heterocycles. The number of carbonyl (C=O) groups excluding carboxylic acids is 2. The molecule has 56 heavy (non-hydrogen) atoms. The topological polar surface area (TPSA) is 95.9 Å². The third kappa shape index (κ3) is 42.2. The number of allylic oxidation sites excluding steroid dienone is 2. The maximum atomic E-state index is 12.4. The van der Waals surface area contributed by atoms with Gasteiger partial charge in [0.2, 0.25) is 5.91 Å². The number of nitrogens with one attached hydrogen (secondary N) is 1. The molecule has 0 bridgehead atoms. The molecular weight excluding hydrogens is 695 g/mol. The quantitative estimate of drug-likeness (QED) is 0.0324. The number of aliphatic hydroxyl groups is 2. The third-order valence-electron chi connectivity index (χ3n) is 11.6. The lowest BCUT2D eigenvalue weighted by Gasteiger charge is -2.22. The molecule has 0 radical (unpaired) electrons. The molecule has 0 aliphatic heterocycles. The van der Waals surface area contributed by atoms with Crippen molar-refractivity contribution in [1.82, 2.24) is 5.32 Å². The van der Waals surface area contributed by atoms with Crippen LogP contribution in [0.2, 0.25) is 0 Å². The average Bonchev–Trinajstić information content (AvgIpc) is 3.20. The number of aliphatic hydroxyl groups excluding tert-OH is 2. The van der Waals surface area contributed by atoms with Crippen LogP contribution in [0.1, 0.15) is 271 Å². The summed E-state index contributed by atoms with van der Waals surface area (Å²) in [7, 11) is 0. The van der Waals surface area contributed by atoms with Crippen LogP contribution in [-0.4, -0.2) is 47.4 Å². The summed E-state index contributed by atoms with van der Waals surface area (Å²) in [5.41, 5.74) is 0. The van der Waals surface area contributed by atoms with E-state index in [0.29, 0.717) is 25.9 Å². The Morgan fingerprint density at radius 3 is 1.27 bits per heavy atom. The van der Waals surface area contributed by atoms with Gasteiger partial charge in [-0.3, -0.25) is 9.59 Å². The van der Waals surface area contributed by atoms with E-state index >= 15 is 0 Å². The molecule has 1 amide bonds. The van der Waals surface area contributed by atoms with Gasteiger partial charge in [0.15, 0.2) is 0 Å². The zero-order valence-electron chi connectivity index (χ0n) is 37.6. The molecule has 0 aromatic carbocycles. The number of amides is 1. The van der Waals surface area contributed by atoms with Gasteiger partial charge in [0.1, 0.15) is 0 Å². The predicted molar refractivity (Wildman–Crippen MR) is 241 cm³/mol. The van der Waals surface area contributed by atoms with Gasteiger partial charge in [-0.1, -0.05) is 219 Å². The Bertz CT molecular complexity index is 832. The highest BCUT2D eigenvalue weighted by atomic mass is 16.5. The van der Waals surface area contributed by atoms with Gasteiger partial charge in [-0.05, 0) is 51.4 Å². The van der Waals surface area contributed by atoms with Gasteiger partial charge in [0.25, 0.3) is 0 Å². The molecule has 3 N–H and O–H groups in total. The van der Waals surface area contributed by atoms with Crippen LogP contribution in [0.3, 0.4) is 0 Å². The van der Waals surface area contributed by atoms with Crippen LogP contribution >= 0.6 is 0 Å². The van der Waals surface area contributed by atoms with Crippen molar-refractivity contribution in [2.24, 2.45) is 0 Å². The first-order chi connectivity index (χ1) is 27.5. The van der Waals surface area contributed by atoms with Crippen molar-refractivity contribution in [3.63, 3.8) is 0 Å². The molecule has 2 unspecified atom stereocenters. The first-order valence-corrected chi connectivity index (χ1v) is 24.9. The number of ether oxygens (including phenoxy) is 1. The molecule has 0 aromatic rings. The molecule has 6 nitrogen and oxygen atoms in total. The number of hydrogen-bond acceptors (Lipinski definition) is 5. The van der Waals surface area contributed by atoms with E-state index in [-0.39, 0.29) is 18.5 Å². The summed E-state index contributed by atoms with van der Waals surface area (Å²) in [6.07, 6.45) is 51.8. The fourth-order valence-corrected chi connectivity index (χ4v) is 7.69. The Morgan fingerprint density at radius 1 is 0.482 bits per heavy atom. The van der Waals surface area contributed by atoms with Crippen LogP contribution in [-0.2, 0) is 14.3 Å². The highest BCUT2D eigenvalue weighted by molar-refractivity contribution is 5.76. The summed E-state index contributed by atoms with van der Waals surface area (Å²) in [5, 5.41) is 23.0. The highest BCUT2D eigenvalue weighted by Crippen LogP contribution is 2.16. The highest BCUT2D eigenvalue weighted by Gasteiger charge is 2.20. The van der Waals surface area contributed by atoms with E-state index in [2.05, 4.69) is 31.3 Å². The van der Waals surface area contributed by atoms with Gasteiger partial charge in [0, 0.05) is 12.8 Å². The molecule has 0 aromatic heterocycles. The SMILES string of the molecule is CCCCCCCCCCCCCCCCC(=O)OCCCCCCCCC/C=C\CCCCCCCC(=O)NC(CO)C(O)CCCCCCCCCCC. The first kappa shape index (κ1) is 54.6. The smallest absolute Gasteiger partial charge is 0.305 e. The van der Waals surface area contributed by atoms with Gasteiger partial charge in [0.05, 0.1) is 25.4 Å². The maximum absolute atomic E-state index is 12.4. The van der Waals surface area contributed by atoms with Crippen molar-refractivity contribution in [2.75, 3.05) is 13.2 Å². The van der Waals surface area contributed by atoms with Gasteiger partial charge in [-0.25, -0.2) is 0 Å². The summed E-state index contributed by atoms with van der Waals surface area (Å²) in [6, 6.07) is -0.550. The van der Waals surface area contributed by atoms with Crippen LogP contribution in [0.5, 0.6) is 0 Å². The fourth-order valence-electron chi connectivity index (χ4n) is 7.69. The van der Waals surface area contributed by atoms with Crippen molar-refractivity contribution in [3.8, 4) is 0 Å². The Kier molecular flexibility index (Phi) is 45.1. The minimum absolute atomic E-state index is 0.000910. The summed E-state index contributed by atoms with van der Waals surface area (Å²) in [6.45, 7) is 4.91. The molecule has 0 aliphatic carbocycles. The van der Waals surface area contributed by atoms with Gasteiger partial charge in [-0.2, -0.15) is 0 Å². The number of carbonyl (C=O) groups is 2. The third-order valence-corrected chi connectivity index (χ3v) is 11.6. The summed E-state index contributed by atoms with van der Waals surface area (Å²) in [5.74, 6) is -0.0553.